The van der Waals surface area contributed by atoms with E-state index < -0.39 is 6.04 Å². The maximum absolute atomic E-state index is 13.1. The summed E-state index contributed by atoms with van der Waals surface area (Å²) >= 11 is 1.48. The zero-order valence-corrected chi connectivity index (χ0v) is 15.2. The first-order chi connectivity index (χ1) is 11.4. The summed E-state index contributed by atoms with van der Waals surface area (Å²) in [5.41, 5.74) is 0.951. The number of piperazine rings is 1. The van der Waals surface area contributed by atoms with E-state index in [1.165, 1.54) is 11.3 Å². The first-order valence-corrected chi connectivity index (χ1v) is 8.91. The summed E-state index contributed by atoms with van der Waals surface area (Å²) in [6.07, 6.45) is 0. The first kappa shape index (κ1) is 16.8. The molecule has 6 heteroatoms. The molecule has 0 radical (unpaired) electrons. The van der Waals surface area contributed by atoms with Crippen LogP contribution in [-0.4, -0.2) is 43.0 Å². The van der Waals surface area contributed by atoms with Gasteiger partial charge in [-0.1, -0.05) is 13.8 Å². The fourth-order valence-corrected chi connectivity index (χ4v) is 4.38. The Bertz CT molecular complexity index is 797. The molecule has 1 fully saturated rings. The van der Waals surface area contributed by atoms with Crippen LogP contribution in [0.5, 0.6) is 5.75 Å². The minimum atomic E-state index is -0.412. The number of nitrogens with zero attached hydrogens (tertiary/aromatic N) is 1. The fraction of sp³-hybridized carbons (Fsp3) is 0.444. The molecule has 0 saturated carbocycles. The summed E-state index contributed by atoms with van der Waals surface area (Å²) in [4.78, 5) is 27.8. The number of benzene rings is 1. The maximum atomic E-state index is 13.1. The molecule has 1 aromatic heterocycles. The van der Waals surface area contributed by atoms with Crippen molar-refractivity contribution in [3.63, 3.8) is 0 Å². The Labute approximate surface area is 145 Å². The number of methoxy groups -OCH3 is 1. The zero-order chi connectivity index (χ0) is 17.4. The molecule has 0 spiro atoms. The molecular formula is C18H22N2O3S. The van der Waals surface area contributed by atoms with Crippen LogP contribution in [0.2, 0.25) is 0 Å². The number of carbonyl (C=O) groups excluding carboxylic acids is 2. The number of ether oxygens (including phenoxy) is 1. The Morgan fingerprint density at radius 2 is 2.17 bits per heavy atom. The first-order valence-electron chi connectivity index (χ1n) is 8.10. The number of fused-ring (bicyclic) bond motifs is 1. The average Bonchev–Trinajstić information content (AvgIpc) is 2.90. The standard InChI is InChI=1S/C18H22N2O3S/c1-10(2)15-17(21)19-7-8-20(15)18(22)16-11(3)13-9-12(23-4)5-6-14(13)24-16/h5-6,9-10,15H,7-8H2,1-4H3,(H,19,21). The van der Waals surface area contributed by atoms with Crippen molar-refractivity contribution in [1.29, 1.82) is 0 Å². The maximum Gasteiger partial charge on any atom is 0.264 e. The van der Waals surface area contributed by atoms with Crippen molar-refractivity contribution >= 4 is 33.2 Å². The SMILES string of the molecule is COc1ccc2sc(C(=O)N3CCNC(=O)C3C(C)C)c(C)c2c1. The summed E-state index contributed by atoms with van der Waals surface area (Å²) in [7, 11) is 1.63. The van der Waals surface area contributed by atoms with E-state index >= 15 is 0 Å². The fourth-order valence-electron chi connectivity index (χ4n) is 3.24. The Kier molecular flexibility index (Phi) is 4.49. The molecular weight excluding hydrogens is 324 g/mol. The van der Waals surface area contributed by atoms with E-state index in [9.17, 15) is 9.59 Å². The predicted octanol–water partition coefficient (Wildman–Crippen LogP) is 2.81. The van der Waals surface area contributed by atoms with E-state index in [1.807, 2.05) is 39.0 Å². The summed E-state index contributed by atoms with van der Waals surface area (Å²) < 4.78 is 6.34. The lowest BCUT2D eigenvalue weighted by Gasteiger charge is -2.37. The molecule has 3 rings (SSSR count). The van der Waals surface area contributed by atoms with Crippen molar-refractivity contribution in [1.82, 2.24) is 10.2 Å². The van der Waals surface area contributed by atoms with E-state index in [2.05, 4.69) is 5.32 Å². The van der Waals surface area contributed by atoms with Gasteiger partial charge in [0.15, 0.2) is 0 Å². The number of rotatable bonds is 3. The van der Waals surface area contributed by atoms with Gasteiger partial charge < -0.3 is 15.0 Å². The van der Waals surface area contributed by atoms with Crippen molar-refractivity contribution in [2.45, 2.75) is 26.8 Å². The van der Waals surface area contributed by atoms with E-state index in [0.29, 0.717) is 18.0 Å². The number of hydrogen-bond acceptors (Lipinski definition) is 4. The van der Waals surface area contributed by atoms with Gasteiger partial charge in [0.05, 0.1) is 12.0 Å². The normalized spacial score (nSPS) is 18.1. The molecule has 128 valence electrons. The molecule has 0 bridgehead atoms. The molecule has 1 unspecified atom stereocenters. The van der Waals surface area contributed by atoms with Crippen LogP contribution in [0, 0.1) is 12.8 Å². The Morgan fingerprint density at radius 3 is 2.83 bits per heavy atom. The molecule has 24 heavy (non-hydrogen) atoms. The predicted molar refractivity (Wildman–Crippen MR) is 95.8 cm³/mol. The molecule has 1 aliphatic heterocycles. The molecule has 1 saturated heterocycles. The number of carbonyl (C=O) groups is 2. The smallest absolute Gasteiger partial charge is 0.264 e. The van der Waals surface area contributed by atoms with E-state index in [1.54, 1.807) is 12.0 Å². The van der Waals surface area contributed by atoms with E-state index in [0.717, 1.165) is 21.4 Å². The lowest BCUT2D eigenvalue weighted by molar-refractivity contribution is -0.129. The highest BCUT2D eigenvalue weighted by atomic mass is 32.1. The molecule has 0 aliphatic carbocycles. The van der Waals surface area contributed by atoms with Gasteiger partial charge in [0.25, 0.3) is 5.91 Å². The average molecular weight is 346 g/mol. The largest absolute Gasteiger partial charge is 0.497 e. The second kappa shape index (κ2) is 6.43. The van der Waals surface area contributed by atoms with Crippen LogP contribution in [0.4, 0.5) is 0 Å². The lowest BCUT2D eigenvalue weighted by Crippen LogP contribution is -2.59. The summed E-state index contributed by atoms with van der Waals surface area (Å²) in [6.45, 7) is 6.95. The van der Waals surface area contributed by atoms with Crippen LogP contribution in [0.15, 0.2) is 18.2 Å². The minimum Gasteiger partial charge on any atom is -0.497 e. The van der Waals surface area contributed by atoms with Crippen LogP contribution >= 0.6 is 11.3 Å². The number of thiophene rings is 1. The van der Waals surface area contributed by atoms with Crippen LogP contribution in [0.1, 0.15) is 29.1 Å². The molecule has 1 N–H and O–H groups in total. The summed E-state index contributed by atoms with van der Waals surface area (Å²) in [5.74, 6) is 0.732. The van der Waals surface area contributed by atoms with Gasteiger partial charge in [0, 0.05) is 17.8 Å². The van der Waals surface area contributed by atoms with Gasteiger partial charge in [-0.25, -0.2) is 0 Å². The van der Waals surface area contributed by atoms with Gasteiger partial charge in [-0.05, 0) is 42.0 Å². The molecule has 1 atom stereocenters. The van der Waals surface area contributed by atoms with E-state index in [-0.39, 0.29) is 17.7 Å². The van der Waals surface area contributed by atoms with Crippen molar-refractivity contribution in [3.8, 4) is 5.75 Å². The van der Waals surface area contributed by atoms with Crippen molar-refractivity contribution in [2.24, 2.45) is 5.92 Å². The van der Waals surface area contributed by atoms with Gasteiger partial charge in [0.2, 0.25) is 5.91 Å². The molecule has 2 amide bonds. The lowest BCUT2D eigenvalue weighted by atomic mass is 9.99. The highest BCUT2D eigenvalue weighted by Crippen LogP contribution is 2.34. The molecule has 5 nitrogen and oxygen atoms in total. The van der Waals surface area contributed by atoms with E-state index in [4.69, 9.17) is 4.74 Å². The third-order valence-corrected chi connectivity index (χ3v) is 5.75. The number of hydrogen-bond donors (Lipinski definition) is 1. The Balaban J connectivity index is 2.01. The van der Waals surface area contributed by atoms with Crippen molar-refractivity contribution < 1.29 is 14.3 Å². The highest BCUT2D eigenvalue weighted by Gasteiger charge is 2.36. The Hall–Kier alpha value is -2.08. The number of aryl methyl sites for hydroxylation is 1. The van der Waals surface area contributed by atoms with Crippen LogP contribution in [0.25, 0.3) is 10.1 Å². The monoisotopic (exact) mass is 346 g/mol. The molecule has 2 heterocycles. The molecule has 1 aliphatic rings. The Morgan fingerprint density at radius 1 is 1.42 bits per heavy atom. The highest BCUT2D eigenvalue weighted by molar-refractivity contribution is 7.21. The number of amides is 2. The topological polar surface area (TPSA) is 58.6 Å². The zero-order valence-electron chi connectivity index (χ0n) is 14.4. The van der Waals surface area contributed by atoms with Gasteiger partial charge in [-0.15, -0.1) is 11.3 Å². The minimum absolute atomic E-state index is 0.0544. The van der Waals surface area contributed by atoms with Crippen molar-refractivity contribution in [2.75, 3.05) is 20.2 Å². The van der Waals surface area contributed by atoms with Crippen LogP contribution in [-0.2, 0) is 4.79 Å². The van der Waals surface area contributed by atoms with Crippen molar-refractivity contribution in [3.05, 3.63) is 28.6 Å². The quantitative estimate of drug-likeness (QED) is 0.930. The van der Waals surface area contributed by atoms with Gasteiger partial charge in [-0.3, -0.25) is 9.59 Å². The van der Waals surface area contributed by atoms with Crippen LogP contribution in [0.3, 0.4) is 0 Å². The summed E-state index contributed by atoms with van der Waals surface area (Å²) in [6, 6.07) is 5.43. The molecule has 1 aromatic carbocycles. The second-order valence-corrected chi connectivity index (χ2v) is 7.45. The second-order valence-electron chi connectivity index (χ2n) is 6.40. The third kappa shape index (κ3) is 2.75. The number of nitrogens with one attached hydrogen (secondary N) is 1. The summed E-state index contributed by atoms with van der Waals surface area (Å²) in [5, 5.41) is 3.89. The van der Waals surface area contributed by atoms with Gasteiger partial charge >= 0.3 is 0 Å². The third-order valence-electron chi connectivity index (χ3n) is 4.49. The van der Waals surface area contributed by atoms with Crippen LogP contribution < -0.4 is 10.1 Å². The van der Waals surface area contributed by atoms with Gasteiger partial charge in [0.1, 0.15) is 11.8 Å². The molecule has 2 aromatic rings. The van der Waals surface area contributed by atoms with Gasteiger partial charge in [-0.2, -0.15) is 0 Å².